The van der Waals surface area contributed by atoms with E-state index in [2.05, 4.69) is 9.72 Å². The minimum absolute atomic E-state index is 0.183. The van der Waals surface area contributed by atoms with Gasteiger partial charge in [-0.2, -0.15) is 0 Å². The molecule has 0 amide bonds. The van der Waals surface area contributed by atoms with Gasteiger partial charge in [0.15, 0.2) is 5.69 Å². The Kier molecular flexibility index (Phi) is 4.82. The highest BCUT2D eigenvalue weighted by molar-refractivity contribution is 6.33. The van der Waals surface area contributed by atoms with Crippen molar-refractivity contribution in [2.24, 2.45) is 0 Å². The Labute approximate surface area is 126 Å². The first-order valence-electron chi connectivity index (χ1n) is 5.72. The molecule has 1 heterocycles. The Morgan fingerprint density at radius 2 is 2.05 bits per heavy atom. The third-order valence-electron chi connectivity index (χ3n) is 2.50. The van der Waals surface area contributed by atoms with Crippen LogP contribution in [-0.4, -0.2) is 18.1 Å². The number of pyridine rings is 1. The molecular formula is C14H11Cl2NO3. The number of hydrogen-bond acceptors (Lipinski definition) is 4. The number of halogens is 2. The van der Waals surface area contributed by atoms with Crippen LogP contribution in [0.25, 0.3) is 0 Å². The molecule has 0 aliphatic carbocycles. The van der Waals surface area contributed by atoms with E-state index < -0.39 is 5.97 Å². The van der Waals surface area contributed by atoms with Gasteiger partial charge < -0.3 is 9.47 Å². The lowest BCUT2D eigenvalue weighted by molar-refractivity contribution is 0.0592. The van der Waals surface area contributed by atoms with E-state index in [-0.39, 0.29) is 12.3 Å². The van der Waals surface area contributed by atoms with Crippen molar-refractivity contribution in [3.8, 4) is 5.88 Å². The average molecular weight is 312 g/mol. The van der Waals surface area contributed by atoms with Gasteiger partial charge >= 0.3 is 5.97 Å². The van der Waals surface area contributed by atoms with Gasteiger partial charge in [0.2, 0.25) is 5.88 Å². The smallest absolute Gasteiger partial charge is 0.356 e. The standard InChI is InChI=1S/C14H11Cl2NO3/c1-19-14(18)12-3-2-4-13(17-12)20-8-9-7-10(15)5-6-11(9)16/h2-7H,8H2,1H3. The molecule has 4 nitrogen and oxygen atoms in total. The summed E-state index contributed by atoms with van der Waals surface area (Å²) in [5, 5.41) is 1.13. The zero-order valence-corrected chi connectivity index (χ0v) is 12.1. The van der Waals surface area contributed by atoms with E-state index in [1.807, 2.05) is 0 Å². The van der Waals surface area contributed by atoms with Crippen molar-refractivity contribution in [2.45, 2.75) is 6.61 Å². The van der Waals surface area contributed by atoms with Gasteiger partial charge in [-0.05, 0) is 24.3 Å². The molecule has 0 spiro atoms. The number of carbonyl (C=O) groups is 1. The van der Waals surface area contributed by atoms with Crippen LogP contribution in [0.5, 0.6) is 5.88 Å². The van der Waals surface area contributed by atoms with Crippen molar-refractivity contribution >= 4 is 29.2 Å². The largest absolute Gasteiger partial charge is 0.473 e. The van der Waals surface area contributed by atoms with Gasteiger partial charge in [-0.3, -0.25) is 0 Å². The molecule has 104 valence electrons. The van der Waals surface area contributed by atoms with E-state index in [1.54, 1.807) is 36.4 Å². The van der Waals surface area contributed by atoms with Crippen LogP contribution in [0.15, 0.2) is 36.4 Å². The quantitative estimate of drug-likeness (QED) is 0.807. The Morgan fingerprint density at radius 3 is 2.80 bits per heavy atom. The van der Waals surface area contributed by atoms with E-state index in [9.17, 15) is 4.79 Å². The molecule has 1 aromatic heterocycles. The molecule has 20 heavy (non-hydrogen) atoms. The lowest BCUT2D eigenvalue weighted by atomic mass is 10.2. The van der Waals surface area contributed by atoms with Crippen molar-refractivity contribution in [3.63, 3.8) is 0 Å². The summed E-state index contributed by atoms with van der Waals surface area (Å²) in [4.78, 5) is 15.4. The van der Waals surface area contributed by atoms with E-state index in [1.165, 1.54) is 7.11 Å². The van der Waals surface area contributed by atoms with Crippen molar-refractivity contribution < 1.29 is 14.3 Å². The maximum Gasteiger partial charge on any atom is 0.356 e. The van der Waals surface area contributed by atoms with Crippen molar-refractivity contribution in [2.75, 3.05) is 7.11 Å². The van der Waals surface area contributed by atoms with E-state index >= 15 is 0 Å². The summed E-state index contributed by atoms with van der Waals surface area (Å²) in [6.07, 6.45) is 0. The molecule has 0 radical (unpaired) electrons. The molecule has 6 heteroatoms. The molecule has 0 saturated heterocycles. The second kappa shape index (κ2) is 6.59. The molecule has 0 saturated carbocycles. The van der Waals surface area contributed by atoms with Crippen LogP contribution in [0.3, 0.4) is 0 Å². The molecule has 0 N–H and O–H groups in total. The predicted octanol–water partition coefficient (Wildman–Crippen LogP) is 3.75. The molecule has 0 aliphatic heterocycles. The van der Waals surface area contributed by atoms with Crippen LogP contribution in [0.1, 0.15) is 16.1 Å². The van der Waals surface area contributed by atoms with Crippen molar-refractivity contribution in [1.29, 1.82) is 0 Å². The molecule has 0 unspecified atom stereocenters. The first-order chi connectivity index (χ1) is 9.60. The molecule has 0 fully saturated rings. The van der Waals surface area contributed by atoms with E-state index in [4.69, 9.17) is 27.9 Å². The van der Waals surface area contributed by atoms with Gasteiger partial charge in [0.05, 0.1) is 7.11 Å². The minimum Gasteiger partial charge on any atom is -0.473 e. The zero-order chi connectivity index (χ0) is 14.5. The Hall–Kier alpha value is -1.78. The maximum atomic E-state index is 11.4. The molecular weight excluding hydrogens is 301 g/mol. The highest BCUT2D eigenvalue weighted by Crippen LogP contribution is 2.22. The predicted molar refractivity (Wildman–Crippen MR) is 76.4 cm³/mol. The molecule has 2 aromatic rings. The first kappa shape index (κ1) is 14.6. The summed E-state index contributed by atoms with van der Waals surface area (Å²) >= 11 is 11.9. The topological polar surface area (TPSA) is 48.4 Å². The Bertz CT molecular complexity index is 632. The number of methoxy groups -OCH3 is 1. The normalized spacial score (nSPS) is 10.2. The molecule has 0 bridgehead atoms. The summed E-state index contributed by atoms with van der Waals surface area (Å²) in [6, 6.07) is 9.96. The third kappa shape index (κ3) is 3.62. The highest BCUT2D eigenvalue weighted by atomic mass is 35.5. The monoisotopic (exact) mass is 311 g/mol. The summed E-state index contributed by atoms with van der Waals surface area (Å²) in [6.45, 7) is 0.205. The Balaban J connectivity index is 2.11. The lowest BCUT2D eigenvalue weighted by Crippen LogP contribution is -2.06. The number of carbonyl (C=O) groups excluding carboxylic acids is 1. The van der Waals surface area contributed by atoms with Gasteiger partial charge in [0.25, 0.3) is 0 Å². The van der Waals surface area contributed by atoms with Crippen LogP contribution in [0.4, 0.5) is 0 Å². The molecule has 0 atom stereocenters. The summed E-state index contributed by atoms with van der Waals surface area (Å²) in [5.74, 6) is -0.208. The van der Waals surface area contributed by atoms with Crippen LogP contribution >= 0.6 is 23.2 Å². The first-order valence-corrected chi connectivity index (χ1v) is 6.48. The number of hydrogen-bond donors (Lipinski definition) is 0. The lowest BCUT2D eigenvalue weighted by Gasteiger charge is -2.08. The number of aromatic nitrogens is 1. The molecule has 2 rings (SSSR count). The van der Waals surface area contributed by atoms with Gasteiger partial charge in [0.1, 0.15) is 6.61 Å². The summed E-state index contributed by atoms with van der Waals surface area (Å²) in [7, 11) is 1.29. The number of esters is 1. The van der Waals surface area contributed by atoms with Crippen LogP contribution < -0.4 is 4.74 Å². The van der Waals surface area contributed by atoms with Gasteiger partial charge in [-0.15, -0.1) is 0 Å². The molecule has 0 aliphatic rings. The Morgan fingerprint density at radius 1 is 1.25 bits per heavy atom. The fraction of sp³-hybridized carbons (Fsp3) is 0.143. The average Bonchev–Trinajstić information content (AvgIpc) is 2.47. The van der Waals surface area contributed by atoms with Crippen LogP contribution in [0.2, 0.25) is 10.0 Å². The van der Waals surface area contributed by atoms with Gasteiger partial charge in [0, 0.05) is 21.7 Å². The fourth-order valence-electron chi connectivity index (χ4n) is 1.52. The minimum atomic E-state index is -0.517. The summed E-state index contributed by atoms with van der Waals surface area (Å²) in [5.41, 5.74) is 0.923. The van der Waals surface area contributed by atoms with Gasteiger partial charge in [-0.25, -0.2) is 9.78 Å². The second-order valence-corrected chi connectivity index (χ2v) is 4.72. The highest BCUT2D eigenvalue weighted by Gasteiger charge is 2.09. The number of ether oxygens (including phenoxy) is 2. The van der Waals surface area contributed by atoms with E-state index in [0.717, 1.165) is 5.56 Å². The van der Waals surface area contributed by atoms with Crippen LogP contribution in [-0.2, 0) is 11.3 Å². The summed E-state index contributed by atoms with van der Waals surface area (Å²) < 4.78 is 10.1. The fourth-order valence-corrected chi connectivity index (χ4v) is 1.89. The maximum absolute atomic E-state index is 11.4. The number of benzene rings is 1. The number of rotatable bonds is 4. The second-order valence-electron chi connectivity index (χ2n) is 3.88. The van der Waals surface area contributed by atoms with E-state index in [0.29, 0.717) is 15.9 Å². The number of nitrogens with zero attached hydrogens (tertiary/aromatic N) is 1. The third-order valence-corrected chi connectivity index (χ3v) is 3.11. The van der Waals surface area contributed by atoms with Crippen molar-refractivity contribution in [3.05, 3.63) is 57.7 Å². The van der Waals surface area contributed by atoms with Crippen LogP contribution in [0, 0.1) is 0 Å². The van der Waals surface area contributed by atoms with Gasteiger partial charge in [-0.1, -0.05) is 29.3 Å². The molecule has 1 aromatic carbocycles. The zero-order valence-electron chi connectivity index (χ0n) is 10.6. The SMILES string of the molecule is COC(=O)c1cccc(OCc2cc(Cl)ccc2Cl)n1. The van der Waals surface area contributed by atoms with Crippen molar-refractivity contribution in [1.82, 2.24) is 4.98 Å².